The molecule has 0 amide bonds. The van der Waals surface area contributed by atoms with Gasteiger partial charge in [-0.25, -0.2) is 9.19 Å². The van der Waals surface area contributed by atoms with E-state index in [9.17, 15) is 4.21 Å². The first-order chi connectivity index (χ1) is 17.5. The van der Waals surface area contributed by atoms with E-state index in [0.29, 0.717) is 40.0 Å². The van der Waals surface area contributed by atoms with Crippen molar-refractivity contribution in [2.45, 2.75) is 27.2 Å². The number of benzene rings is 1. The normalized spacial score (nSPS) is 11.1. The molecule has 3 heterocycles. The molecule has 0 radical (unpaired) electrons. The number of rotatable bonds is 9. The Labute approximate surface area is 216 Å². The molecular formula is C24H27N7O3S2. The third kappa shape index (κ3) is 6.05. The number of thiazole rings is 1. The summed E-state index contributed by atoms with van der Waals surface area (Å²) in [7, 11) is 1.63. The standard InChI is InChI=1S/C22H21N7O3S2.C2H6/c1-14-13-33-21(25-14)20-26-27-22(29(20)19-17(31-2)5-4-6-18(19)32-3)28-34(30)10-9-16-8-7-15(11-23)12-24-16;1-2/h4-8,12-13H,9-10H2,1-3H3,(H,27,28);1-2H3. The summed E-state index contributed by atoms with van der Waals surface area (Å²) in [5.41, 5.74) is 2.64. The fraction of sp³-hybridized carbons (Fsp3) is 0.292. The van der Waals surface area contributed by atoms with Gasteiger partial charge in [0.2, 0.25) is 5.95 Å². The van der Waals surface area contributed by atoms with Crippen molar-refractivity contribution in [2.24, 2.45) is 0 Å². The summed E-state index contributed by atoms with van der Waals surface area (Å²) in [6.07, 6.45) is 1.95. The zero-order valence-corrected chi connectivity index (χ0v) is 22.3. The molecule has 0 aliphatic rings. The first-order valence-electron chi connectivity index (χ1n) is 11.1. The van der Waals surface area contributed by atoms with E-state index in [1.54, 1.807) is 43.1 Å². The van der Waals surface area contributed by atoms with E-state index in [4.69, 9.17) is 14.7 Å². The van der Waals surface area contributed by atoms with Crippen LogP contribution in [0.25, 0.3) is 16.5 Å². The Kier molecular flexibility index (Phi) is 9.49. The van der Waals surface area contributed by atoms with E-state index in [-0.39, 0.29) is 11.7 Å². The summed E-state index contributed by atoms with van der Waals surface area (Å²) in [4.78, 5) is 8.77. The predicted molar refractivity (Wildman–Crippen MR) is 141 cm³/mol. The van der Waals surface area contributed by atoms with Gasteiger partial charge in [-0.3, -0.25) is 14.3 Å². The Morgan fingerprint density at radius 3 is 2.42 bits per heavy atom. The van der Waals surface area contributed by atoms with Crippen molar-refractivity contribution in [3.05, 3.63) is 58.9 Å². The van der Waals surface area contributed by atoms with Crippen molar-refractivity contribution in [1.82, 2.24) is 24.7 Å². The Morgan fingerprint density at radius 2 is 1.86 bits per heavy atom. The molecule has 1 N–H and O–H groups in total. The van der Waals surface area contributed by atoms with E-state index in [1.807, 2.05) is 38.3 Å². The monoisotopic (exact) mass is 525 g/mol. The highest BCUT2D eigenvalue weighted by Gasteiger charge is 2.24. The summed E-state index contributed by atoms with van der Waals surface area (Å²) in [5, 5.41) is 20.1. The fourth-order valence-electron chi connectivity index (χ4n) is 3.20. The first kappa shape index (κ1) is 26.8. The van der Waals surface area contributed by atoms with Crippen LogP contribution in [0.15, 0.2) is 41.9 Å². The lowest BCUT2D eigenvalue weighted by molar-refractivity contribution is 0.391. The van der Waals surface area contributed by atoms with Gasteiger partial charge in [0, 0.05) is 35.1 Å². The van der Waals surface area contributed by atoms with Gasteiger partial charge in [-0.15, -0.1) is 21.5 Å². The van der Waals surface area contributed by atoms with Gasteiger partial charge in [0.05, 0.1) is 19.8 Å². The molecule has 0 bridgehead atoms. The Balaban J connectivity index is 0.00000176. The number of hydrogen-bond acceptors (Lipinski definition) is 9. The number of methoxy groups -OCH3 is 2. The zero-order valence-electron chi connectivity index (χ0n) is 20.7. The summed E-state index contributed by atoms with van der Waals surface area (Å²) in [5.74, 6) is 2.07. The number of anilines is 1. The van der Waals surface area contributed by atoms with E-state index in [2.05, 4.69) is 24.9 Å². The topological polar surface area (TPSA) is 128 Å². The van der Waals surface area contributed by atoms with Gasteiger partial charge in [-0.1, -0.05) is 19.9 Å². The molecule has 1 atom stereocenters. The molecule has 4 aromatic rings. The molecule has 1 aromatic carbocycles. The van der Waals surface area contributed by atoms with E-state index in [0.717, 1.165) is 11.4 Å². The van der Waals surface area contributed by atoms with E-state index >= 15 is 0 Å². The van der Waals surface area contributed by atoms with Crippen molar-refractivity contribution in [3.63, 3.8) is 0 Å². The van der Waals surface area contributed by atoms with Crippen molar-refractivity contribution < 1.29 is 13.7 Å². The SMILES string of the molecule is CC.COc1cccc(OC)c1-n1c(NS(=O)CCc2ccc(C#N)cn2)nnc1-c1nc(C)cs1. The highest BCUT2D eigenvalue weighted by atomic mass is 32.2. The quantitative estimate of drug-likeness (QED) is 0.342. The molecule has 36 heavy (non-hydrogen) atoms. The number of pyridine rings is 1. The number of hydrogen-bond donors (Lipinski definition) is 1. The van der Waals surface area contributed by atoms with Gasteiger partial charge in [-0.05, 0) is 31.2 Å². The second-order valence-corrected chi connectivity index (χ2v) is 9.20. The molecule has 0 saturated heterocycles. The lowest BCUT2D eigenvalue weighted by Crippen LogP contribution is -2.15. The van der Waals surface area contributed by atoms with E-state index < -0.39 is 11.0 Å². The molecule has 0 fully saturated rings. The van der Waals surface area contributed by atoms with Crippen molar-refractivity contribution in [2.75, 3.05) is 24.7 Å². The second kappa shape index (κ2) is 12.8. The second-order valence-electron chi connectivity index (χ2n) is 7.04. The van der Waals surface area contributed by atoms with Gasteiger partial charge in [0.1, 0.15) is 34.2 Å². The summed E-state index contributed by atoms with van der Waals surface area (Å²) < 4.78 is 28.7. The lowest BCUT2D eigenvalue weighted by Gasteiger charge is -2.17. The van der Waals surface area contributed by atoms with Crippen LogP contribution in [-0.2, 0) is 17.4 Å². The molecule has 0 aliphatic carbocycles. The highest BCUT2D eigenvalue weighted by Crippen LogP contribution is 2.38. The van der Waals surface area contributed by atoms with Crippen molar-refractivity contribution in [3.8, 4) is 34.1 Å². The summed E-state index contributed by atoms with van der Waals surface area (Å²) >= 11 is 1.43. The molecule has 10 nitrogen and oxygen atoms in total. The molecule has 12 heteroatoms. The predicted octanol–water partition coefficient (Wildman–Crippen LogP) is 4.33. The number of para-hydroxylation sites is 1. The molecule has 3 aromatic heterocycles. The average Bonchev–Trinajstić information content (AvgIpc) is 3.54. The maximum Gasteiger partial charge on any atom is 0.241 e. The Bertz CT molecular complexity index is 1340. The lowest BCUT2D eigenvalue weighted by atomic mass is 10.2. The van der Waals surface area contributed by atoms with Gasteiger partial charge >= 0.3 is 0 Å². The van der Waals surface area contributed by atoms with Crippen LogP contribution in [0.3, 0.4) is 0 Å². The van der Waals surface area contributed by atoms with Crippen LogP contribution in [0.4, 0.5) is 5.95 Å². The summed E-state index contributed by atoms with van der Waals surface area (Å²) in [6, 6.07) is 10.9. The van der Waals surface area contributed by atoms with Crippen molar-refractivity contribution in [1.29, 1.82) is 5.26 Å². The molecule has 0 spiro atoms. The number of nitrogens with zero attached hydrogens (tertiary/aromatic N) is 6. The molecular weight excluding hydrogens is 498 g/mol. The average molecular weight is 526 g/mol. The van der Waals surface area contributed by atoms with E-state index in [1.165, 1.54) is 17.5 Å². The minimum absolute atomic E-state index is 0.261. The molecule has 4 rings (SSSR count). The number of nitriles is 1. The largest absolute Gasteiger partial charge is 0.494 e. The minimum atomic E-state index is -1.49. The van der Waals surface area contributed by atoms with Crippen LogP contribution in [0.5, 0.6) is 11.5 Å². The van der Waals surface area contributed by atoms with Gasteiger partial charge in [0.15, 0.2) is 10.8 Å². The molecule has 1 unspecified atom stereocenters. The maximum absolute atomic E-state index is 12.9. The van der Waals surface area contributed by atoms with Gasteiger partial charge in [-0.2, -0.15) is 5.26 Å². The summed E-state index contributed by atoms with van der Waals surface area (Å²) in [6.45, 7) is 5.90. The number of aryl methyl sites for hydroxylation is 2. The van der Waals surface area contributed by atoms with Crippen LogP contribution in [0.2, 0.25) is 0 Å². The van der Waals surface area contributed by atoms with Crippen LogP contribution < -0.4 is 14.2 Å². The fourth-order valence-corrected chi connectivity index (χ4v) is 4.80. The molecule has 0 aliphatic heterocycles. The first-order valence-corrected chi connectivity index (χ1v) is 13.3. The molecule has 188 valence electrons. The Morgan fingerprint density at radius 1 is 1.14 bits per heavy atom. The number of aromatic nitrogens is 5. The van der Waals surface area contributed by atoms with Crippen LogP contribution in [0.1, 0.15) is 30.8 Å². The Hall–Kier alpha value is -3.82. The maximum atomic E-state index is 12.9. The highest BCUT2D eigenvalue weighted by molar-refractivity contribution is 7.86. The van der Waals surface area contributed by atoms with Gasteiger partial charge < -0.3 is 9.47 Å². The number of nitrogens with one attached hydrogen (secondary N) is 1. The van der Waals surface area contributed by atoms with Crippen LogP contribution in [0, 0.1) is 18.3 Å². The minimum Gasteiger partial charge on any atom is -0.494 e. The zero-order chi connectivity index (χ0) is 26.1. The third-order valence-electron chi connectivity index (χ3n) is 4.80. The molecule has 0 saturated carbocycles. The van der Waals surface area contributed by atoms with Gasteiger partial charge in [0.25, 0.3) is 0 Å². The smallest absolute Gasteiger partial charge is 0.241 e. The van der Waals surface area contributed by atoms with Crippen LogP contribution >= 0.6 is 11.3 Å². The third-order valence-corrected chi connectivity index (χ3v) is 6.74. The van der Waals surface area contributed by atoms with Crippen LogP contribution in [-0.4, -0.2) is 48.9 Å². The number of ether oxygens (including phenoxy) is 2. The van der Waals surface area contributed by atoms with Crippen molar-refractivity contribution >= 4 is 28.3 Å².